The number of anilines is 1. The van der Waals surface area contributed by atoms with Crippen LogP contribution in [0.1, 0.15) is 32.7 Å². The first-order chi connectivity index (χ1) is 8.58. The third kappa shape index (κ3) is 1.59. The van der Waals surface area contributed by atoms with E-state index >= 15 is 0 Å². The Morgan fingerprint density at radius 1 is 1.33 bits per heavy atom. The molecule has 3 atom stereocenters. The van der Waals surface area contributed by atoms with Crippen molar-refractivity contribution in [2.75, 3.05) is 5.73 Å². The van der Waals surface area contributed by atoms with Gasteiger partial charge in [-0.05, 0) is 36.8 Å². The zero-order valence-corrected chi connectivity index (χ0v) is 10.7. The molecule has 2 N–H and O–H groups in total. The van der Waals surface area contributed by atoms with Gasteiger partial charge in [0.05, 0.1) is 11.0 Å². The number of nitrogens with two attached hydrogens (primary N) is 1. The van der Waals surface area contributed by atoms with Crippen molar-refractivity contribution in [2.24, 2.45) is 11.8 Å². The summed E-state index contributed by atoms with van der Waals surface area (Å²) in [6, 6.07) is 5.09. The fourth-order valence-corrected chi connectivity index (χ4v) is 3.14. The second-order valence-electron chi connectivity index (χ2n) is 5.45. The quantitative estimate of drug-likeness (QED) is 0.839. The van der Waals surface area contributed by atoms with Crippen LogP contribution in [0.2, 0.25) is 0 Å². The van der Waals surface area contributed by atoms with Gasteiger partial charge < -0.3 is 10.3 Å². The smallest absolute Gasteiger partial charge is 0.201 e. The number of imidazole rings is 1. The lowest BCUT2D eigenvalue weighted by atomic mass is 9.97. The first-order valence-electron chi connectivity index (χ1n) is 6.51. The highest BCUT2D eigenvalue weighted by molar-refractivity contribution is 5.78. The van der Waals surface area contributed by atoms with Crippen LogP contribution < -0.4 is 5.73 Å². The molecule has 0 spiro atoms. The molecule has 1 fully saturated rings. The second kappa shape index (κ2) is 3.97. The van der Waals surface area contributed by atoms with Gasteiger partial charge in [-0.2, -0.15) is 0 Å². The lowest BCUT2D eigenvalue weighted by Crippen LogP contribution is -2.16. The molecule has 1 aromatic carbocycles. The summed E-state index contributed by atoms with van der Waals surface area (Å²) in [6.07, 6.45) is 2.33. The van der Waals surface area contributed by atoms with Crippen molar-refractivity contribution in [1.82, 2.24) is 9.55 Å². The molecule has 3 nitrogen and oxygen atoms in total. The molecule has 1 aromatic heterocycles. The first kappa shape index (κ1) is 11.5. The van der Waals surface area contributed by atoms with E-state index in [4.69, 9.17) is 5.73 Å². The zero-order chi connectivity index (χ0) is 12.9. The number of aromatic nitrogens is 2. The third-order valence-electron chi connectivity index (χ3n) is 4.43. The number of halogens is 1. The number of nitrogen functional groups attached to an aromatic ring is 1. The van der Waals surface area contributed by atoms with Crippen molar-refractivity contribution in [2.45, 2.75) is 32.7 Å². The lowest BCUT2D eigenvalue weighted by molar-refractivity contribution is 0.361. The van der Waals surface area contributed by atoms with Crippen LogP contribution in [0.25, 0.3) is 11.0 Å². The average Bonchev–Trinajstić information content (AvgIpc) is 2.80. The summed E-state index contributed by atoms with van der Waals surface area (Å²) in [5.41, 5.74) is 7.62. The molecule has 0 radical (unpaired) electrons. The summed E-state index contributed by atoms with van der Waals surface area (Å²) in [5.74, 6) is 1.52. The highest BCUT2D eigenvalue weighted by Crippen LogP contribution is 2.42. The molecule has 3 rings (SSSR count). The summed E-state index contributed by atoms with van der Waals surface area (Å²) >= 11 is 0. The fourth-order valence-electron chi connectivity index (χ4n) is 3.14. The van der Waals surface area contributed by atoms with Gasteiger partial charge in [0.2, 0.25) is 5.95 Å². The molecule has 1 saturated carbocycles. The Hall–Kier alpha value is -1.58. The molecule has 2 aromatic rings. The van der Waals surface area contributed by atoms with Crippen molar-refractivity contribution in [3.8, 4) is 0 Å². The van der Waals surface area contributed by atoms with E-state index < -0.39 is 0 Å². The van der Waals surface area contributed by atoms with E-state index in [0.717, 1.165) is 11.9 Å². The normalized spacial score (nSPS) is 28.1. The summed E-state index contributed by atoms with van der Waals surface area (Å²) in [6.45, 7) is 4.54. The van der Waals surface area contributed by atoms with E-state index in [2.05, 4.69) is 23.4 Å². The summed E-state index contributed by atoms with van der Waals surface area (Å²) in [7, 11) is 0. The fraction of sp³-hybridized carbons (Fsp3) is 0.500. The maximum absolute atomic E-state index is 13.2. The minimum absolute atomic E-state index is 0.264. The number of hydrogen-bond donors (Lipinski definition) is 1. The van der Waals surface area contributed by atoms with Crippen molar-refractivity contribution >= 4 is 17.0 Å². The molecule has 18 heavy (non-hydrogen) atoms. The largest absolute Gasteiger partial charge is 0.369 e. The molecule has 4 heteroatoms. The lowest BCUT2D eigenvalue weighted by Gasteiger charge is -2.21. The second-order valence-corrected chi connectivity index (χ2v) is 5.45. The van der Waals surface area contributed by atoms with Gasteiger partial charge in [0.1, 0.15) is 5.82 Å². The molecule has 1 aliphatic rings. The average molecular weight is 247 g/mol. The predicted octanol–water partition coefficient (Wildman–Crippen LogP) is 3.36. The van der Waals surface area contributed by atoms with E-state index in [-0.39, 0.29) is 5.82 Å². The monoisotopic (exact) mass is 247 g/mol. The summed E-state index contributed by atoms with van der Waals surface area (Å²) in [4.78, 5) is 4.28. The van der Waals surface area contributed by atoms with Gasteiger partial charge in [-0.1, -0.05) is 13.8 Å². The van der Waals surface area contributed by atoms with Gasteiger partial charge in [0.25, 0.3) is 0 Å². The van der Waals surface area contributed by atoms with Crippen molar-refractivity contribution in [1.29, 1.82) is 0 Å². The van der Waals surface area contributed by atoms with Crippen LogP contribution >= 0.6 is 0 Å². The van der Waals surface area contributed by atoms with Crippen LogP contribution in [0.4, 0.5) is 10.3 Å². The topological polar surface area (TPSA) is 43.8 Å². The molecular weight excluding hydrogens is 229 g/mol. The van der Waals surface area contributed by atoms with Gasteiger partial charge in [0.15, 0.2) is 0 Å². The Bertz CT molecular complexity index is 590. The predicted molar refractivity (Wildman–Crippen MR) is 70.7 cm³/mol. The Labute approximate surface area is 106 Å². The number of hydrogen-bond acceptors (Lipinski definition) is 2. The Morgan fingerprint density at radius 3 is 2.78 bits per heavy atom. The molecule has 1 aliphatic carbocycles. The highest BCUT2D eigenvalue weighted by Gasteiger charge is 2.32. The van der Waals surface area contributed by atoms with Crippen LogP contribution in [-0.4, -0.2) is 9.55 Å². The Morgan fingerprint density at radius 2 is 2.11 bits per heavy atom. The Balaban J connectivity index is 2.14. The third-order valence-corrected chi connectivity index (χ3v) is 4.43. The van der Waals surface area contributed by atoms with E-state index in [1.807, 2.05) is 0 Å². The van der Waals surface area contributed by atoms with E-state index in [1.54, 1.807) is 6.07 Å². The standard InChI is InChI=1S/C14H18FN3/c1-8-3-5-12(9(8)2)18-13-6-4-10(15)7-11(13)17-14(18)16/h4,6-9,12H,3,5H2,1-2H3,(H2,16,17). The van der Waals surface area contributed by atoms with Crippen molar-refractivity contribution < 1.29 is 4.39 Å². The van der Waals surface area contributed by atoms with Crippen LogP contribution in [0.5, 0.6) is 0 Å². The molecule has 96 valence electrons. The molecular formula is C14H18FN3. The minimum Gasteiger partial charge on any atom is -0.369 e. The van der Waals surface area contributed by atoms with Crippen molar-refractivity contribution in [3.05, 3.63) is 24.0 Å². The molecule has 0 saturated heterocycles. The number of nitrogens with zero attached hydrogens (tertiary/aromatic N) is 2. The molecule has 1 heterocycles. The van der Waals surface area contributed by atoms with Gasteiger partial charge in [-0.15, -0.1) is 0 Å². The minimum atomic E-state index is -0.264. The summed E-state index contributed by atoms with van der Waals surface area (Å²) in [5, 5.41) is 0. The van der Waals surface area contributed by atoms with Gasteiger partial charge in [0, 0.05) is 12.1 Å². The van der Waals surface area contributed by atoms with Gasteiger partial charge in [-0.3, -0.25) is 0 Å². The number of fused-ring (bicyclic) bond motifs is 1. The van der Waals surface area contributed by atoms with Crippen LogP contribution in [0, 0.1) is 17.7 Å². The molecule has 0 aliphatic heterocycles. The maximum Gasteiger partial charge on any atom is 0.201 e. The Kier molecular flexibility index (Phi) is 2.54. The van der Waals surface area contributed by atoms with Crippen LogP contribution in [-0.2, 0) is 0 Å². The van der Waals surface area contributed by atoms with Crippen LogP contribution in [0.15, 0.2) is 18.2 Å². The van der Waals surface area contributed by atoms with Crippen LogP contribution in [0.3, 0.4) is 0 Å². The SMILES string of the molecule is CC1CCC(n2c(N)nc3cc(F)ccc32)C1C. The summed E-state index contributed by atoms with van der Waals surface area (Å²) < 4.78 is 15.3. The molecule has 0 bridgehead atoms. The first-order valence-corrected chi connectivity index (χ1v) is 6.51. The molecule has 0 amide bonds. The van der Waals surface area contributed by atoms with E-state index in [0.29, 0.717) is 29.3 Å². The number of benzene rings is 1. The van der Waals surface area contributed by atoms with E-state index in [9.17, 15) is 4.39 Å². The van der Waals surface area contributed by atoms with Gasteiger partial charge in [-0.25, -0.2) is 9.37 Å². The maximum atomic E-state index is 13.2. The highest BCUT2D eigenvalue weighted by atomic mass is 19.1. The van der Waals surface area contributed by atoms with Crippen molar-refractivity contribution in [3.63, 3.8) is 0 Å². The number of rotatable bonds is 1. The molecule has 3 unspecified atom stereocenters. The van der Waals surface area contributed by atoms with E-state index in [1.165, 1.54) is 18.6 Å². The van der Waals surface area contributed by atoms with Gasteiger partial charge >= 0.3 is 0 Å². The zero-order valence-electron chi connectivity index (χ0n) is 10.7.